The molecule has 0 N–H and O–H groups in total. The molecule has 0 unspecified atom stereocenters. The summed E-state index contributed by atoms with van der Waals surface area (Å²) < 4.78 is 5.83. The van der Waals surface area contributed by atoms with Crippen LogP contribution >= 0.6 is 0 Å². The van der Waals surface area contributed by atoms with E-state index in [1.54, 1.807) is 0 Å². The quantitative estimate of drug-likeness (QED) is 0.530. The van der Waals surface area contributed by atoms with Crippen molar-refractivity contribution in [3.63, 3.8) is 0 Å². The smallest absolute Gasteiger partial charge is 0.0722 e. The fourth-order valence-electron chi connectivity index (χ4n) is 2.58. The second kappa shape index (κ2) is 8.76. The number of hydrogen-bond donors (Lipinski definition) is 0. The van der Waals surface area contributed by atoms with Crippen molar-refractivity contribution < 1.29 is 4.74 Å². The van der Waals surface area contributed by atoms with Gasteiger partial charge in [0.05, 0.1) is 6.61 Å². The van der Waals surface area contributed by atoms with Gasteiger partial charge in [0.25, 0.3) is 0 Å². The molecule has 0 amide bonds. The Morgan fingerprint density at radius 2 is 1.55 bits per heavy atom. The summed E-state index contributed by atoms with van der Waals surface area (Å²) in [7, 11) is 0. The number of ether oxygens (including phenoxy) is 1. The van der Waals surface area contributed by atoms with Gasteiger partial charge in [-0.1, -0.05) is 81.5 Å². The molecule has 1 heteroatoms. The molecule has 0 bridgehead atoms. The van der Waals surface area contributed by atoms with E-state index in [4.69, 9.17) is 4.74 Å². The molecule has 0 atom stereocenters. The molecule has 0 heterocycles. The van der Waals surface area contributed by atoms with Crippen molar-refractivity contribution >= 4 is 10.8 Å². The molecule has 0 aliphatic heterocycles. The van der Waals surface area contributed by atoms with E-state index in [0.29, 0.717) is 0 Å². The number of unbranched alkanes of at least 4 members (excludes halogenated alkanes) is 5. The standard InChI is InChI=1S/C19H26O/c1-2-3-4-5-6-9-15-20-16-18-13-10-12-17-11-7-8-14-19(17)18/h7-8,10-14H,2-6,9,15-16H2,1H3. The maximum absolute atomic E-state index is 5.83. The third-order valence-corrected chi connectivity index (χ3v) is 3.78. The van der Waals surface area contributed by atoms with Gasteiger partial charge in [0.15, 0.2) is 0 Å². The molecular weight excluding hydrogens is 244 g/mol. The summed E-state index contributed by atoms with van der Waals surface area (Å²) in [6.45, 7) is 3.87. The van der Waals surface area contributed by atoms with Gasteiger partial charge >= 0.3 is 0 Å². The van der Waals surface area contributed by atoms with Crippen LogP contribution in [0.4, 0.5) is 0 Å². The van der Waals surface area contributed by atoms with E-state index in [-0.39, 0.29) is 0 Å². The highest BCUT2D eigenvalue weighted by atomic mass is 16.5. The maximum Gasteiger partial charge on any atom is 0.0722 e. The van der Waals surface area contributed by atoms with E-state index in [9.17, 15) is 0 Å². The van der Waals surface area contributed by atoms with Gasteiger partial charge in [-0.2, -0.15) is 0 Å². The number of benzene rings is 2. The van der Waals surface area contributed by atoms with E-state index in [1.807, 2.05) is 0 Å². The third kappa shape index (κ3) is 4.64. The number of fused-ring (bicyclic) bond motifs is 1. The molecule has 0 radical (unpaired) electrons. The van der Waals surface area contributed by atoms with Crippen molar-refractivity contribution in [2.45, 2.75) is 52.1 Å². The predicted octanol–water partition coefficient (Wildman–Crippen LogP) is 5.72. The molecule has 2 rings (SSSR count). The summed E-state index contributed by atoms with van der Waals surface area (Å²) in [6, 6.07) is 15.0. The van der Waals surface area contributed by atoms with Crippen LogP contribution in [0.2, 0.25) is 0 Å². The Hall–Kier alpha value is -1.34. The van der Waals surface area contributed by atoms with Crippen molar-refractivity contribution in [1.82, 2.24) is 0 Å². The zero-order valence-electron chi connectivity index (χ0n) is 12.6. The van der Waals surface area contributed by atoms with Gasteiger partial charge in [-0.05, 0) is 22.8 Å². The lowest BCUT2D eigenvalue weighted by Gasteiger charge is -2.08. The minimum absolute atomic E-state index is 0.732. The van der Waals surface area contributed by atoms with Crippen molar-refractivity contribution in [3.8, 4) is 0 Å². The third-order valence-electron chi connectivity index (χ3n) is 3.78. The van der Waals surface area contributed by atoms with E-state index in [2.05, 4.69) is 49.4 Å². The van der Waals surface area contributed by atoms with Crippen LogP contribution in [-0.2, 0) is 11.3 Å². The van der Waals surface area contributed by atoms with Crippen LogP contribution in [0.1, 0.15) is 51.0 Å². The molecule has 0 saturated heterocycles. The normalized spacial score (nSPS) is 11.1. The van der Waals surface area contributed by atoms with E-state index in [1.165, 1.54) is 54.9 Å². The molecule has 0 spiro atoms. The van der Waals surface area contributed by atoms with Crippen LogP contribution in [0.3, 0.4) is 0 Å². The molecule has 108 valence electrons. The van der Waals surface area contributed by atoms with Crippen molar-refractivity contribution in [2.24, 2.45) is 0 Å². The lowest BCUT2D eigenvalue weighted by molar-refractivity contribution is 0.117. The molecule has 2 aromatic carbocycles. The Kier molecular flexibility index (Phi) is 6.59. The minimum atomic E-state index is 0.732. The SMILES string of the molecule is CCCCCCCCOCc1cccc2ccccc12. The zero-order chi connectivity index (χ0) is 14.0. The van der Waals surface area contributed by atoms with E-state index in [0.717, 1.165) is 13.2 Å². The molecule has 0 fully saturated rings. The monoisotopic (exact) mass is 270 g/mol. The van der Waals surface area contributed by atoms with Crippen LogP contribution in [0.15, 0.2) is 42.5 Å². The molecule has 2 aromatic rings. The highest BCUT2D eigenvalue weighted by molar-refractivity contribution is 5.85. The first-order valence-corrected chi connectivity index (χ1v) is 7.96. The van der Waals surface area contributed by atoms with Crippen molar-refractivity contribution in [3.05, 3.63) is 48.0 Å². The molecule has 1 nitrogen and oxygen atoms in total. The minimum Gasteiger partial charge on any atom is -0.377 e. The molecule has 0 aromatic heterocycles. The summed E-state index contributed by atoms with van der Waals surface area (Å²) in [5.41, 5.74) is 1.30. The molecular formula is C19H26O. The first kappa shape index (κ1) is 15.1. The lowest BCUT2D eigenvalue weighted by atomic mass is 10.1. The zero-order valence-corrected chi connectivity index (χ0v) is 12.6. The Labute approximate surface area is 123 Å². The second-order valence-corrected chi connectivity index (χ2v) is 5.46. The van der Waals surface area contributed by atoms with Gasteiger partial charge in [-0.3, -0.25) is 0 Å². The molecule has 20 heavy (non-hydrogen) atoms. The summed E-state index contributed by atoms with van der Waals surface area (Å²) >= 11 is 0. The van der Waals surface area contributed by atoms with Crippen LogP contribution in [-0.4, -0.2) is 6.61 Å². The first-order valence-electron chi connectivity index (χ1n) is 7.96. The lowest BCUT2D eigenvalue weighted by Crippen LogP contribution is -1.96. The van der Waals surface area contributed by atoms with Crippen LogP contribution in [0.5, 0.6) is 0 Å². The highest BCUT2D eigenvalue weighted by Gasteiger charge is 2.00. The highest BCUT2D eigenvalue weighted by Crippen LogP contribution is 2.19. The van der Waals surface area contributed by atoms with E-state index >= 15 is 0 Å². The summed E-state index contributed by atoms with van der Waals surface area (Å²) in [6.07, 6.45) is 7.91. The Morgan fingerprint density at radius 3 is 2.45 bits per heavy atom. The van der Waals surface area contributed by atoms with Gasteiger partial charge in [0, 0.05) is 6.61 Å². The largest absolute Gasteiger partial charge is 0.377 e. The van der Waals surface area contributed by atoms with Crippen LogP contribution in [0, 0.1) is 0 Å². The second-order valence-electron chi connectivity index (χ2n) is 5.46. The Bertz CT molecular complexity index is 499. The fourth-order valence-corrected chi connectivity index (χ4v) is 2.58. The Morgan fingerprint density at radius 1 is 0.800 bits per heavy atom. The fraction of sp³-hybridized carbons (Fsp3) is 0.474. The predicted molar refractivity (Wildman–Crippen MR) is 87.0 cm³/mol. The molecule has 0 aliphatic carbocycles. The van der Waals surface area contributed by atoms with Gasteiger partial charge in [0.2, 0.25) is 0 Å². The average molecular weight is 270 g/mol. The average Bonchev–Trinajstić information content (AvgIpc) is 2.50. The van der Waals surface area contributed by atoms with Gasteiger partial charge in [-0.15, -0.1) is 0 Å². The molecule has 0 aliphatic rings. The van der Waals surface area contributed by atoms with Crippen LogP contribution < -0.4 is 0 Å². The Balaban J connectivity index is 1.71. The van der Waals surface area contributed by atoms with Gasteiger partial charge < -0.3 is 4.74 Å². The topological polar surface area (TPSA) is 9.23 Å². The summed E-state index contributed by atoms with van der Waals surface area (Å²) in [4.78, 5) is 0. The number of hydrogen-bond acceptors (Lipinski definition) is 1. The van der Waals surface area contributed by atoms with Crippen molar-refractivity contribution in [2.75, 3.05) is 6.61 Å². The summed E-state index contributed by atoms with van der Waals surface area (Å²) in [5.74, 6) is 0. The van der Waals surface area contributed by atoms with Gasteiger partial charge in [0.1, 0.15) is 0 Å². The maximum atomic E-state index is 5.83. The van der Waals surface area contributed by atoms with Crippen LogP contribution in [0.25, 0.3) is 10.8 Å². The first-order chi connectivity index (χ1) is 9.92. The van der Waals surface area contributed by atoms with Gasteiger partial charge in [-0.25, -0.2) is 0 Å². The summed E-state index contributed by atoms with van der Waals surface area (Å²) in [5, 5.41) is 2.62. The molecule has 0 saturated carbocycles. The van der Waals surface area contributed by atoms with E-state index < -0.39 is 0 Å². The number of rotatable bonds is 9. The van der Waals surface area contributed by atoms with Crippen molar-refractivity contribution in [1.29, 1.82) is 0 Å².